The number of allylic oxidation sites excluding steroid dienone is 2. The summed E-state index contributed by atoms with van der Waals surface area (Å²) in [6.45, 7) is 5.55. The molecule has 1 aliphatic heterocycles. The first kappa shape index (κ1) is 19.9. The topological polar surface area (TPSA) is 55.6 Å². The normalized spacial score (nSPS) is 15.0. The van der Waals surface area contributed by atoms with Crippen LogP contribution in [0.15, 0.2) is 40.5 Å². The summed E-state index contributed by atoms with van der Waals surface area (Å²) in [6, 6.07) is 5.06. The van der Waals surface area contributed by atoms with Crippen LogP contribution in [0.4, 0.5) is 8.63 Å². The monoisotopic (exact) mass is 385 g/mol. The van der Waals surface area contributed by atoms with Crippen molar-refractivity contribution in [3.63, 3.8) is 0 Å². The molecule has 1 aromatic heterocycles. The highest BCUT2D eigenvalue weighted by Crippen LogP contribution is 2.33. The van der Waals surface area contributed by atoms with Crippen molar-refractivity contribution in [1.82, 2.24) is 9.79 Å². The predicted octanol–water partition coefficient (Wildman–Crippen LogP) is 3.86. The van der Waals surface area contributed by atoms with Gasteiger partial charge in [-0.15, -0.1) is 0 Å². The van der Waals surface area contributed by atoms with Crippen molar-refractivity contribution >= 4 is 36.0 Å². The van der Waals surface area contributed by atoms with Gasteiger partial charge in [-0.3, -0.25) is 18.4 Å². The molecule has 0 aliphatic carbocycles. The van der Waals surface area contributed by atoms with Crippen LogP contribution in [0.3, 0.4) is 0 Å². The third kappa shape index (κ3) is 3.86. The second kappa shape index (κ2) is 8.00. The van der Waals surface area contributed by atoms with Gasteiger partial charge >= 0.3 is 7.40 Å². The Balaban J connectivity index is 2.23. The van der Waals surface area contributed by atoms with Gasteiger partial charge in [-0.2, -0.15) is 0 Å². The van der Waals surface area contributed by atoms with Crippen molar-refractivity contribution in [2.45, 2.75) is 27.2 Å². The molecule has 146 valence electrons. The summed E-state index contributed by atoms with van der Waals surface area (Å²) in [5, 5.41) is 3.41. The average Bonchev–Trinajstić information content (AvgIpc) is 3.11. The Morgan fingerprint density at radius 1 is 1.36 bits per heavy atom. The molecule has 3 rings (SSSR count). The molecule has 0 bridgehead atoms. The summed E-state index contributed by atoms with van der Waals surface area (Å²) >= 11 is 0. The summed E-state index contributed by atoms with van der Waals surface area (Å²) in [4.78, 5) is 15.7. The molecule has 1 aromatic carbocycles. The van der Waals surface area contributed by atoms with E-state index in [1.54, 1.807) is 24.3 Å². The van der Waals surface area contributed by atoms with E-state index >= 15 is 0 Å². The smallest absolute Gasteiger partial charge is 0.497 e. The number of amides is 1. The van der Waals surface area contributed by atoms with E-state index in [0.717, 1.165) is 21.3 Å². The van der Waals surface area contributed by atoms with Crippen molar-refractivity contribution in [2.75, 3.05) is 13.7 Å². The number of fused-ring (bicyclic) bond motifs is 1. The summed E-state index contributed by atoms with van der Waals surface area (Å²) in [6.07, 6.45) is 4.03. The van der Waals surface area contributed by atoms with E-state index in [1.807, 2.05) is 19.9 Å². The van der Waals surface area contributed by atoms with E-state index in [-0.39, 0.29) is 5.91 Å². The molecule has 0 fully saturated rings. The number of rotatable bonds is 6. The van der Waals surface area contributed by atoms with E-state index in [0.29, 0.717) is 41.0 Å². The van der Waals surface area contributed by atoms with Gasteiger partial charge in [0, 0.05) is 35.8 Å². The second-order valence-electron chi connectivity index (χ2n) is 6.74. The average molecular weight is 385 g/mol. The zero-order valence-electron chi connectivity index (χ0n) is 16.3. The summed E-state index contributed by atoms with van der Waals surface area (Å²) in [5.41, 5.74) is 3.96. The number of aliphatic imine (C=N–C) groups is 1. The molecule has 1 aliphatic rings. The first-order valence-corrected chi connectivity index (χ1v) is 9.01. The number of benzene rings is 1. The largest absolute Gasteiger partial charge is 0.678 e. The van der Waals surface area contributed by atoms with Crippen LogP contribution in [0, 0.1) is 0 Å². The molecule has 2 heterocycles. The molecule has 0 unspecified atom stereocenters. The van der Waals surface area contributed by atoms with Gasteiger partial charge in [0.15, 0.2) is 0 Å². The first-order valence-electron chi connectivity index (χ1n) is 9.01. The Morgan fingerprint density at radius 3 is 2.68 bits per heavy atom. The Bertz CT molecular complexity index is 1020. The minimum Gasteiger partial charge on any atom is -0.497 e. The van der Waals surface area contributed by atoms with E-state index in [1.165, 1.54) is 14.0 Å². The zero-order valence-corrected chi connectivity index (χ0v) is 16.3. The van der Waals surface area contributed by atoms with E-state index < -0.39 is 7.40 Å². The molecule has 8 heteroatoms. The standard InChI is InChI=1S/C20H22BF2N3O2/c1-12-9-13(2)25-18(12)11-20-16(7-8-24-14(3)27)17-10-15(28-4)5-6-19(17)26(20)21(22)23/h5-6,9-11H,7-8H2,1-4H3,(H,24,27)/b18-11-. The summed E-state index contributed by atoms with van der Waals surface area (Å²) in [7, 11) is -1.18. The van der Waals surface area contributed by atoms with Crippen molar-refractivity contribution in [2.24, 2.45) is 4.99 Å². The molecule has 0 atom stereocenters. The number of carbonyl (C=O) groups excluding carboxylic acids is 1. The molecule has 0 saturated heterocycles. The lowest BCUT2D eigenvalue weighted by Crippen LogP contribution is -2.22. The third-order valence-electron chi connectivity index (χ3n) is 4.70. The lowest BCUT2D eigenvalue weighted by molar-refractivity contribution is -0.118. The molecular formula is C20H22BF2N3O2. The van der Waals surface area contributed by atoms with E-state index in [9.17, 15) is 13.4 Å². The summed E-state index contributed by atoms with van der Waals surface area (Å²) in [5.74, 6) is 0.426. The fraction of sp³-hybridized carbons (Fsp3) is 0.300. The SMILES string of the molecule is COc1ccc2c(c1)c(CCNC(C)=O)c(/C=C1\N=C(C)C=C1C)n2B(F)F. The molecule has 2 aromatic rings. The van der Waals surface area contributed by atoms with Gasteiger partial charge in [0.05, 0.1) is 12.8 Å². The molecule has 0 saturated carbocycles. The first-order chi connectivity index (χ1) is 13.3. The number of carbonyl (C=O) groups is 1. The molecule has 0 radical (unpaired) electrons. The minimum absolute atomic E-state index is 0.162. The van der Waals surface area contributed by atoms with Crippen molar-refractivity contribution in [3.05, 3.63) is 46.8 Å². The van der Waals surface area contributed by atoms with Crippen LogP contribution < -0.4 is 10.1 Å². The highest BCUT2D eigenvalue weighted by molar-refractivity contribution is 6.43. The van der Waals surface area contributed by atoms with Crippen LogP contribution in [0.25, 0.3) is 17.0 Å². The van der Waals surface area contributed by atoms with Crippen LogP contribution in [0.5, 0.6) is 5.75 Å². The Kier molecular flexibility index (Phi) is 5.67. The highest BCUT2D eigenvalue weighted by atomic mass is 19.2. The maximum absolute atomic E-state index is 14.0. The summed E-state index contributed by atoms with van der Waals surface area (Å²) < 4.78 is 34.4. The number of ether oxygens (including phenoxy) is 1. The van der Waals surface area contributed by atoms with Crippen LogP contribution in [0.1, 0.15) is 32.0 Å². The number of hydrogen-bond donors (Lipinski definition) is 1. The molecule has 0 spiro atoms. The van der Waals surface area contributed by atoms with Crippen molar-refractivity contribution < 1.29 is 18.2 Å². The Hall–Kier alpha value is -2.90. The predicted molar refractivity (Wildman–Crippen MR) is 109 cm³/mol. The Labute approximate surface area is 163 Å². The maximum Gasteiger partial charge on any atom is 0.678 e. The van der Waals surface area contributed by atoms with E-state index in [4.69, 9.17) is 4.74 Å². The zero-order chi connectivity index (χ0) is 20.4. The molecule has 1 N–H and O–H groups in total. The highest BCUT2D eigenvalue weighted by Gasteiger charge is 2.27. The number of nitrogens with one attached hydrogen (secondary N) is 1. The van der Waals surface area contributed by atoms with E-state index in [2.05, 4.69) is 10.3 Å². The number of halogens is 2. The van der Waals surface area contributed by atoms with Crippen molar-refractivity contribution in [3.8, 4) is 5.75 Å². The third-order valence-corrected chi connectivity index (χ3v) is 4.70. The van der Waals surface area contributed by atoms with Crippen LogP contribution >= 0.6 is 0 Å². The maximum atomic E-state index is 14.0. The number of nitrogens with zero attached hydrogens (tertiary/aromatic N) is 2. The van der Waals surface area contributed by atoms with Gasteiger partial charge < -0.3 is 14.5 Å². The molecule has 28 heavy (non-hydrogen) atoms. The lowest BCUT2D eigenvalue weighted by atomic mass is 10.0. The minimum atomic E-state index is -2.71. The van der Waals surface area contributed by atoms with Gasteiger partial charge in [0.25, 0.3) is 0 Å². The van der Waals surface area contributed by atoms with Crippen LogP contribution in [-0.4, -0.2) is 37.2 Å². The second-order valence-corrected chi connectivity index (χ2v) is 6.74. The van der Waals surface area contributed by atoms with Crippen LogP contribution in [-0.2, 0) is 11.2 Å². The number of aromatic nitrogens is 1. The number of hydrogen-bond acceptors (Lipinski definition) is 3. The molecule has 1 amide bonds. The van der Waals surface area contributed by atoms with Crippen molar-refractivity contribution in [1.29, 1.82) is 0 Å². The van der Waals surface area contributed by atoms with Gasteiger partial charge in [-0.1, -0.05) is 0 Å². The van der Waals surface area contributed by atoms with Gasteiger partial charge in [0.2, 0.25) is 5.91 Å². The van der Waals surface area contributed by atoms with Gasteiger partial charge in [0.1, 0.15) is 5.75 Å². The van der Waals surface area contributed by atoms with Gasteiger partial charge in [-0.25, -0.2) is 0 Å². The van der Waals surface area contributed by atoms with Crippen LogP contribution in [0.2, 0.25) is 0 Å². The van der Waals surface area contributed by atoms with Gasteiger partial charge in [-0.05, 0) is 61.8 Å². The fourth-order valence-corrected chi connectivity index (χ4v) is 3.47. The molecular weight excluding hydrogens is 363 g/mol. The quantitative estimate of drug-likeness (QED) is 0.768. The number of methoxy groups -OCH3 is 1. The molecule has 5 nitrogen and oxygen atoms in total. The fourth-order valence-electron chi connectivity index (χ4n) is 3.47. The Morgan fingerprint density at radius 2 is 2.11 bits per heavy atom. The lowest BCUT2D eigenvalue weighted by Gasteiger charge is -2.08.